The number of hydrogen-bond donors (Lipinski definition) is 3. The minimum Gasteiger partial charge on any atom is -0.376 e. The highest BCUT2D eigenvalue weighted by atomic mass is 16.5. The van der Waals surface area contributed by atoms with E-state index in [0.717, 1.165) is 69.3 Å². The molecule has 1 unspecified atom stereocenters. The van der Waals surface area contributed by atoms with Gasteiger partial charge in [0.05, 0.1) is 6.10 Å². The SMILES string of the molecule is CN=C(NCc1cccnc1N1CCC(C(N)=O)CC1)NCC1CCCO1. The number of aliphatic imine (C=N–C) groups is 1. The smallest absolute Gasteiger partial charge is 0.220 e. The second kappa shape index (κ2) is 9.55. The van der Waals surface area contributed by atoms with Crippen molar-refractivity contribution in [2.75, 3.05) is 38.2 Å². The standard InChI is InChI=1S/C19H30N6O2/c1-21-19(24-13-16-5-3-11-27-16)23-12-15-4-2-8-22-18(15)25-9-6-14(7-10-25)17(20)26/h2,4,8,14,16H,3,5-7,9-13H2,1H3,(H2,20,26)(H2,21,23,24). The van der Waals surface area contributed by atoms with Crippen molar-refractivity contribution in [2.24, 2.45) is 16.6 Å². The molecule has 1 aromatic heterocycles. The van der Waals surface area contributed by atoms with Gasteiger partial charge in [-0.2, -0.15) is 0 Å². The number of anilines is 1. The Hall–Kier alpha value is -2.35. The van der Waals surface area contributed by atoms with E-state index < -0.39 is 0 Å². The van der Waals surface area contributed by atoms with Crippen LogP contribution in [-0.4, -0.2) is 56.2 Å². The van der Waals surface area contributed by atoms with Crippen LogP contribution in [0.4, 0.5) is 5.82 Å². The lowest BCUT2D eigenvalue weighted by atomic mass is 9.96. The number of aromatic nitrogens is 1. The molecule has 2 fully saturated rings. The van der Waals surface area contributed by atoms with Crippen LogP contribution in [0, 0.1) is 5.92 Å². The highest BCUT2D eigenvalue weighted by Gasteiger charge is 2.25. The Morgan fingerprint density at radius 2 is 2.19 bits per heavy atom. The van der Waals surface area contributed by atoms with Gasteiger partial charge in [0.2, 0.25) is 5.91 Å². The Labute approximate surface area is 160 Å². The molecule has 8 nitrogen and oxygen atoms in total. The maximum absolute atomic E-state index is 11.4. The monoisotopic (exact) mass is 374 g/mol. The van der Waals surface area contributed by atoms with Crippen LogP contribution >= 0.6 is 0 Å². The molecule has 0 bridgehead atoms. The molecule has 1 amide bonds. The molecule has 0 saturated carbocycles. The van der Waals surface area contributed by atoms with E-state index in [2.05, 4.69) is 31.6 Å². The molecule has 0 aliphatic carbocycles. The Kier molecular flexibility index (Phi) is 6.86. The summed E-state index contributed by atoms with van der Waals surface area (Å²) in [6.45, 7) is 3.83. The maximum atomic E-state index is 11.4. The van der Waals surface area contributed by atoms with Crippen LogP contribution in [0.3, 0.4) is 0 Å². The average molecular weight is 374 g/mol. The van der Waals surface area contributed by atoms with Gasteiger partial charge in [-0.1, -0.05) is 6.07 Å². The first kappa shape index (κ1) is 19.4. The van der Waals surface area contributed by atoms with Gasteiger partial charge in [-0.25, -0.2) is 4.98 Å². The van der Waals surface area contributed by atoms with Crippen LogP contribution in [-0.2, 0) is 16.1 Å². The normalized spacial score (nSPS) is 21.3. The largest absolute Gasteiger partial charge is 0.376 e. The minimum absolute atomic E-state index is 0.0210. The first-order valence-corrected chi connectivity index (χ1v) is 9.71. The Bertz CT molecular complexity index is 651. The number of piperidine rings is 1. The first-order chi connectivity index (χ1) is 13.2. The van der Waals surface area contributed by atoms with E-state index in [4.69, 9.17) is 10.5 Å². The molecule has 1 aromatic rings. The fraction of sp³-hybridized carbons (Fsp3) is 0.632. The van der Waals surface area contributed by atoms with E-state index in [1.54, 1.807) is 7.05 Å². The highest BCUT2D eigenvalue weighted by Crippen LogP contribution is 2.24. The van der Waals surface area contributed by atoms with Gasteiger partial charge in [0.1, 0.15) is 5.82 Å². The van der Waals surface area contributed by atoms with Crippen molar-refractivity contribution in [3.05, 3.63) is 23.9 Å². The highest BCUT2D eigenvalue weighted by molar-refractivity contribution is 5.79. The molecule has 0 spiro atoms. The number of rotatable bonds is 6. The Morgan fingerprint density at radius 3 is 2.85 bits per heavy atom. The summed E-state index contributed by atoms with van der Waals surface area (Å²) in [6, 6.07) is 4.02. The van der Waals surface area contributed by atoms with E-state index >= 15 is 0 Å². The van der Waals surface area contributed by atoms with E-state index in [1.165, 1.54) is 0 Å². The zero-order valence-electron chi connectivity index (χ0n) is 16.0. The van der Waals surface area contributed by atoms with Gasteiger partial charge >= 0.3 is 0 Å². The van der Waals surface area contributed by atoms with Crippen molar-refractivity contribution in [3.63, 3.8) is 0 Å². The number of carbonyl (C=O) groups excluding carboxylic acids is 1. The lowest BCUT2D eigenvalue weighted by Crippen LogP contribution is -2.41. The second-order valence-corrected chi connectivity index (χ2v) is 7.09. The molecular weight excluding hydrogens is 344 g/mol. The third-order valence-electron chi connectivity index (χ3n) is 5.26. The molecule has 2 saturated heterocycles. The van der Waals surface area contributed by atoms with Crippen LogP contribution in [0.5, 0.6) is 0 Å². The summed E-state index contributed by atoms with van der Waals surface area (Å²) in [6.07, 6.45) is 5.86. The predicted octanol–water partition coefficient (Wildman–Crippen LogP) is 0.627. The van der Waals surface area contributed by atoms with Gasteiger partial charge in [-0.05, 0) is 31.7 Å². The van der Waals surface area contributed by atoms with Crippen LogP contribution in [0.15, 0.2) is 23.3 Å². The minimum atomic E-state index is -0.196. The van der Waals surface area contributed by atoms with Gasteiger partial charge < -0.3 is 26.0 Å². The van der Waals surface area contributed by atoms with Gasteiger partial charge in [0.15, 0.2) is 5.96 Å². The number of nitrogens with two attached hydrogens (primary N) is 1. The number of pyridine rings is 1. The second-order valence-electron chi connectivity index (χ2n) is 7.09. The molecule has 4 N–H and O–H groups in total. The van der Waals surface area contributed by atoms with E-state index in [-0.39, 0.29) is 17.9 Å². The molecule has 0 aromatic carbocycles. The quantitative estimate of drug-likeness (QED) is 0.498. The molecule has 3 rings (SSSR count). The first-order valence-electron chi connectivity index (χ1n) is 9.71. The van der Waals surface area contributed by atoms with Gasteiger partial charge in [-0.15, -0.1) is 0 Å². The van der Waals surface area contributed by atoms with E-state index in [0.29, 0.717) is 6.54 Å². The molecule has 2 aliphatic rings. The van der Waals surface area contributed by atoms with Crippen molar-refractivity contribution < 1.29 is 9.53 Å². The van der Waals surface area contributed by atoms with Gasteiger partial charge in [0, 0.05) is 57.5 Å². The van der Waals surface area contributed by atoms with Crippen LogP contribution in [0.25, 0.3) is 0 Å². The van der Waals surface area contributed by atoms with Crippen molar-refractivity contribution in [2.45, 2.75) is 38.3 Å². The lowest BCUT2D eigenvalue weighted by Gasteiger charge is -2.32. The van der Waals surface area contributed by atoms with Crippen molar-refractivity contribution in [3.8, 4) is 0 Å². The molecule has 3 heterocycles. The molecule has 148 valence electrons. The molecule has 27 heavy (non-hydrogen) atoms. The summed E-state index contributed by atoms with van der Waals surface area (Å²) >= 11 is 0. The zero-order chi connectivity index (χ0) is 19.1. The summed E-state index contributed by atoms with van der Waals surface area (Å²) in [5.74, 6) is 1.50. The number of primary amides is 1. The average Bonchev–Trinajstić information content (AvgIpc) is 3.22. The summed E-state index contributed by atoms with van der Waals surface area (Å²) in [5.41, 5.74) is 6.55. The lowest BCUT2D eigenvalue weighted by molar-refractivity contribution is -0.122. The summed E-state index contributed by atoms with van der Waals surface area (Å²) in [4.78, 5) is 22.5. The zero-order valence-corrected chi connectivity index (χ0v) is 16.0. The number of carbonyl (C=O) groups is 1. The van der Waals surface area contributed by atoms with Crippen LogP contribution in [0.2, 0.25) is 0 Å². The molecule has 0 radical (unpaired) electrons. The summed E-state index contributed by atoms with van der Waals surface area (Å²) < 4.78 is 5.64. The fourth-order valence-corrected chi connectivity index (χ4v) is 3.64. The van der Waals surface area contributed by atoms with E-state index in [9.17, 15) is 4.79 Å². The van der Waals surface area contributed by atoms with Gasteiger partial charge in [0.25, 0.3) is 0 Å². The number of guanidine groups is 1. The summed E-state index contributed by atoms with van der Waals surface area (Å²) in [7, 11) is 1.77. The fourth-order valence-electron chi connectivity index (χ4n) is 3.64. The molecule has 8 heteroatoms. The number of nitrogens with zero attached hydrogens (tertiary/aromatic N) is 3. The third-order valence-corrected chi connectivity index (χ3v) is 5.26. The molecule has 2 aliphatic heterocycles. The Morgan fingerprint density at radius 1 is 1.37 bits per heavy atom. The third kappa shape index (κ3) is 5.32. The van der Waals surface area contributed by atoms with Gasteiger partial charge in [-0.3, -0.25) is 9.79 Å². The maximum Gasteiger partial charge on any atom is 0.220 e. The van der Waals surface area contributed by atoms with Crippen LogP contribution in [0.1, 0.15) is 31.2 Å². The van der Waals surface area contributed by atoms with Crippen molar-refractivity contribution in [1.29, 1.82) is 0 Å². The predicted molar refractivity (Wildman–Crippen MR) is 106 cm³/mol. The summed E-state index contributed by atoms with van der Waals surface area (Å²) in [5, 5.41) is 6.69. The molecule has 1 atom stereocenters. The number of amides is 1. The van der Waals surface area contributed by atoms with E-state index in [1.807, 2.05) is 12.3 Å². The van der Waals surface area contributed by atoms with Crippen molar-refractivity contribution >= 4 is 17.7 Å². The van der Waals surface area contributed by atoms with Crippen molar-refractivity contribution in [1.82, 2.24) is 15.6 Å². The number of ether oxygens (including phenoxy) is 1. The van der Waals surface area contributed by atoms with Crippen LogP contribution < -0.4 is 21.3 Å². The Balaban J connectivity index is 1.55. The molecular formula is C19H30N6O2. The number of nitrogens with one attached hydrogen (secondary N) is 2. The topological polar surface area (TPSA) is 105 Å². The number of hydrogen-bond acceptors (Lipinski definition) is 5.